The van der Waals surface area contributed by atoms with Gasteiger partial charge in [-0.1, -0.05) is 12.1 Å². The average Bonchev–Trinajstić information content (AvgIpc) is 2.85. The molecule has 1 heterocycles. The molecule has 2 aromatic rings. The molecule has 0 saturated carbocycles. The number of benzene rings is 2. The number of carbonyl (C=O) groups excluding carboxylic acids is 1. The van der Waals surface area contributed by atoms with Crippen molar-refractivity contribution >= 4 is 34.5 Å². The molecule has 1 unspecified atom stereocenters. The Labute approximate surface area is 128 Å². The minimum Gasteiger partial charge on any atom is -0.507 e. The maximum Gasteiger partial charge on any atom is 0.214 e. The summed E-state index contributed by atoms with van der Waals surface area (Å²) in [5.74, 6) is 0.745. The van der Waals surface area contributed by atoms with Crippen LogP contribution in [0.15, 0.2) is 24.3 Å². The van der Waals surface area contributed by atoms with Gasteiger partial charge in [-0.2, -0.15) is 0 Å². The molecule has 5 heteroatoms. The number of alkyl halides is 1. The van der Waals surface area contributed by atoms with Crippen molar-refractivity contribution < 1.29 is 9.90 Å². The van der Waals surface area contributed by atoms with E-state index in [1.807, 2.05) is 19.2 Å². The van der Waals surface area contributed by atoms with E-state index >= 15 is 0 Å². The third kappa shape index (κ3) is 2.24. The first kappa shape index (κ1) is 14.2. The number of phenolic OH excluding ortho intramolecular Hbond substituents is 1. The van der Waals surface area contributed by atoms with E-state index in [1.54, 1.807) is 11.0 Å². The molecule has 0 radical (unpaired) electrons. The molecule has 1 aliphatic rings. The number of rotatable bonds is 4. The maximum atomic E-state index is 11.2. The summed E-state index contributed by atoms with van der Waals surface area (Å²) in [7, 11) is 1.90. The first-order valence-corrected chi connectivity index (χ1v) is 7.44. The molecular formula is C16H17ClN2O2. The van der Waals surface area contributed by atoms with Crippen molar-refractivity contribution in [2.75, 3.05) is 24.4 Å². The van der Waals surface area contributed by atoms with Crippen LogP contribution in [-0.2, 0) is 11.3 Å². The van der Waals surface area contributed by atoms with Gasteiger partial charge in [0, 0.05) is 36.3 Å². The van der Waals surface area contributed by atoms with Gasteiger partial charge in [0.25, 0.3) is 0 Å². The molecule has 1 atom stereocenters. The molecule has 3 rings (SSSR count). The van der Waals surface area contributed by atoms with Crippen LogP contribution in [0.3, 0.4) is 0 Å². The van der Waals surface area contributed by atoms with Crippen LogP contribution in [-0.4, -0.2) is 31.0 Å². The molecule has 21 heavy (non-hydrogen) atoms. The summed E-state index contributed by atoms with van der Waals surface area (Å²) in [5.41, 5.74) is 2.96. The third-order valence-electron chi connectivity index (χ3n) is 4.03. The quantitative estimate of drug-likeness (QED) is 0.674. The van der Waals surface area contributed by atoms with Crippen molar-refractivity contribution in [2.45, 2.75) is 12.5 Å². The fraction of sp³-hybridized carbons (Fsp3) is 0.312. The molecule has 0 aromatic heterocycles. The first-order chi connectivity index (χ1) is 10.2. The van der Waals surface area contributed by atoms with Crippen LogP contribution in [0.5, 0.6) is 5.75 Å². The molecule has 1 aliphatic heterocycles. The van der Waals surface area contributed by atoms with E-state index < -0.39 is 0 Å². The second-order valence-corrected chi connectivity index (χ2v) is 5.66. The lowest BCUT2D eigenvalue weighted by Gasteiger charge is -2.14. The number of carbonyl (C=O) groups is 1. The summed E-state index contributed by atoms with van der Waals surface area (Å²) in [6.45, 7) is 1.32. The van der Waals surface area contributed by atoms with Gasteiger partial charge in [0.15, 0.2) is 0 Å². The zero-order chi connectivity index (χ0) is 15.0. The number of aromatic hydroxyl groups is 1. The fourth-order valence-corrected chi connectivity index (χ4v) is 3.35. The Kier molecular flexibility index (Phi) is 3.74. The van der Waals surface area contributed by atoms with Crippen molar-refractivity contribution in [2.24, 2.45) is 0 Å². The largest absolute Gasteiger partial charge is 0.507 e. The van der Waals surface area contributed by atoms with Crippen LogP contribution in [0, 0.1) is 0 Å². The molecule has 4 nitrogen and oxygen atoms in total. The smallest absolute Gasteiger partial charge is 0.214 e. The van der Waals surface area contributed by atoms with Crippen LogP contribution < -0.4 is 10.2 Å². The number of hydrogen-bond acceptors (Lipinski definition) is 3. The second-order valence-electron chi connectivity index (χ2n) is 5.35. The lowest BCUT2D eigenvalue weighted by Crippen LogP contribution is -2.19. The standard InChI is InChI=1S/C16H17ClN2O2/c1-18-7-10-2-3-12-13(4-10)16-11(6-17)8-19(9-20)14(16)5-15(12)21/h2-5,9,11,18,21H,6-8H2,1H3. The summed E-state index contributed by atoms with van der Waals surface area (Å²) in [6.07, 6.45) is 0.800. The van der Waals surface area contributed by atoms with E-state index in [9.17, 15) is 9.90 Å². The van der Waals surface area contributed by atoms with E-state index in [-0.39, 0.29) is 11.7 Å². The van der Waals surface area contributed by atoms with Crippen molar-refractivity contribution in [3.63, 3.8) is 0 Å². The molecule has 2 aromatic carbocycles. The zero-order valence-corrected chi connectivity index (χ0v) is 12.5. The minimum atomic E-state index is 0.0970. The van der Waals surface area contributed by atoms with E-state index in [1.165, 1.54) is 0 Å². The number of anilines is 1. The average molecular weight is 305 g/mol. The van der Waals surface area contributed by atoms with Gasteiger partial charge < -0.3 is 15.3 Å². The predicted octanol–water partition coefficient (Wildman–Crippen LogP) is 2.56. The number of amides is 1. The highest BCUT2D eigenvalue weighted by Crippen LogP contribution is 2.44. The number of nitrogens with one attached hydrogen (secondary N) is 1. The fourth-order valence-electron chi connectivity index (χ4n) is 3.09. The van der Waals surface area contributed by atoms with Gasteiger partial charge in [-0.15, -0.1) is 11.6 Å². The number of halogens is 1. The van der Waals surface area contributed by atoms with Crippen LogP contribution in [0.1, 0.15) is 17.0 Å². The Balaban J connectivity index is 2.29. The first-order valence-electron chi connectivity index (χ1n) is 6.90. The van der Waals surface area contributed by atoms with E-state index in [4.69, 9.17) is 11.6 Å². The van der Waals surface area contributed by atoms with Gasteiger partial charge in [0.05, 0.1) is 5.69 Å². The topological polar surface area (TPSA) is 52.6 Å². The van der Waals surface area contributed by atoms with Crippen molar-refractivity contribution in [1.29, 1.82) is 0 Å². The molecule has 0 spiro atoms. The predicted molar refractivity (Wildman–Crippen MR) is 85.2 cm³/mol. The Morgan fingerprint density at radius 3 is 2.90 bits per heavy atom. The Bertz CT molecular complexity index is 702. The molecule has 1 amide bonds. The normalized spacial score (nSPS) is 17.2. The number of nitrogens with zero attached hydrogens (tertiary/aromatic N) is 1. The monoisotopic (exact) mass is 304 g/mol. The second kappa shape index (κ2) is 5.54. The van der Waals surface area contributed by atoms with E-state index in [0.29, 0.717) is 12.4 Å². The van der Waals surface area contributed by atoms with Gasteiger partial charge in [-0.3, -0.25) is 4.79 Å². The van der Waals surface area contributed by atoms with E-state index in [2.05, 4.69) is 11.4 Å². The number of fused-ring (bicyclic) bond motifs is 3. The summed E-state index contributed by atoms with van der Waals surface area (Å²) >= 11 is 6.08. The summed E-state index contributed by atoms with van der Waals surface area (Å²) in [5, 5.41) is 15.1. The van der Waals surface area contributed by atoms with Crippen LogP contribution in [0.4, 0.5) is 5.69 Å². The van der Waals surface area contributed by atoms with Gasteiger partial charge in [0.1, 0.15) is 5.75 Å². The Morgan fingerprint density at radius 1 is 1.43 bits per heavy atom. The highest BCUT2D eigenvalue weighted by molar-refractivity contribution is 6.19. The van der Waals surface area contributed by atoms with Gasteiger partial charge in [0.2, 0.25) is 6.41 Å². The summed E-state index contributed by atoms with van der Waals surface area (Å²) in [6, 6.07) is 7.65. The maximum absolute atomic E-state index is 11.2. The molecule has 0 aliphatic carbocycles. The molecule has 0 bridgehead atoms. The van der Waals surface area contributed by atoms with Crippen LogP contribution in [0.25, 0.3) is 10.8 Å². The highest BCUT2D eigenvalue weighted by Gasteiger charge is 2.30. The SMILES string of the molecule is CNCc1ccc2c(O)cc3c(c2c1)C(CCl)CN3C=O. The molecule has 0 saturated heterocycles. The molecule has 0 fully saturated rings. The summed E-state index contributed by atoms with van der Waals surface area (Å²) < 4.78 is 0. The third-order valence-corrected chi connectivity index (χ3v) is 4.40. The highest BCUT2D eigenvalue weighted by atomic mass is 35.5. The van der Waals surface area contributed by atoms with Gasteiger partial charge in [-0.25, -0.2) is 0 Å². The van der Waals surface area contributed by atoms with Crippen LogP contribution >= 0.6 is 11.6 Å². The lowest BCUT2D eigenvalue weighted by atomic mass is 9.94. The number of phenols is 1. The zero-order valence-electron chi connectivity index (χ0n) is 11.8. The summed E-state index contributed by atoms with van der Waals surface area (Å²) in [4.78, 5) is 12.9. The van der Waals surface area contributed by atoms with Crippen molar-refractivity contribution in [1.82, 2.24) is 5.32 Å². The van der Waals surface area contributed by atoms with E-state index in [0.717, 1.165) is 40.5 Å². The number of hydrogen-bond donors (Lipinski definition) is 2. The van der Waals surface area contributed by atoms with Crippen molar-refractivity contribution in [3.8, 4) is 5.75 Å². The van der Waals surface area contributed by atoms with Gasteiger partial charge in [-0.05, 0) is 29.6 Å². The molecule has 110 valence electrons. The van der Waals surface area contributed by atoms with Crippen LogP contribution in [0.2, 0.25) is 0 Å². The van der Waals surface area contributed by atoms with Gasteiger partial charge >= 0.3 is 0 Å². The Hall–Kier alpha value is -1.78. The Morgan fingerprint density at radius 2 is 2.24 bits per heavy atom. The minimum absolute atomic E-state index is 0.0970. The molecule has 2 N–H and O–H groups in total. The molecular weight excluding hydrogens is 288 g/mol. The van der Waals surface area contributed by atoms with Crippen molar-refractivity contribution in [3.05, 3.63) is 35.4 Å². The lowest BCUT2D eigenvalue weighted by molar-refractivity contribution is -0.107.